The largest absolute Gasteiger partial charge is 0.465 e. The van der Waals surface area contributed by atoms with Crippen LogP contribution in [0, 0.1) is 11.8 Å². The van der Waals surface area contributed by atoms with E-state index in [9.17, 15) is 19.5 Å². The van der Waals surface area contributed by atoms with Crippen LogP contribution in [0.25, 0.3) is 11.0 Å². The minimum Gasteiger partial charge on any atom is -0.465 e. The van der Waals surface area contributed by atoms with Gasteiger partial charge in [0.25, 0.3) is 5.91 Å². The maximum absolute atomic E-state index is 13.1. The average Bonchev–Trinajstić information content (AvgIpc) is 3.43. The lowest BCUT2D eigenvalue weighted by Crippen LogP contribution is -2.44. The van der Waals surface area contributed by atoms with Crippen LogP contribution < -0.4 is 10.2 Å². The standard InChI is InChI=1S/C29H36N8O4/c1-34(2)27(39)23-11-18-13-31-28(33-26(18)37(23)21-7-5-3-4-6-8-21)32-24-10-9-22(14-30-24)36-17-20-16-35(29(40)41)15-19(20)12-25(36)38/h9-11,13-14,19-21H,3-8,12,15-17H2,1-2H3,(H,40,41)(H,30,31,32,33). The zero-order chi connectivity index (χ0) is 28.7. The Hall–Kier alpha value is -4.22. The minimum atomic E-state index is -0.932. The van der Waals surface area contributed by atoms with Crippen molar-refractivity contribution < 1.29 is 19.5 Å². The SMILES string of the molecule is CN(C)C(=O)c1cc2cnc(Nc3ccc(N4CC5CN(C(=O)O)CC5CC4=O)cn3)nc2n1C1CCCCCC1. The van der Waals surface area contributed by atoms with E-state index in [0.29, 0.717) is 49.2 Å². The number of amides is 3. The predicted octanol–water partition coefficient (Wildman–Crippen LogP) is 4.13. The summed E-state index contributed by atoms with van der Waals surface area (Å²) in [6, 6.07) is 5.71. The van der Waals surface area contributed by atoms with Gasteiger partial charge in [-0.3, -0.25) is 9.59 Å². The van der Waals surface area contributed by atoms with Gasteiger partial charge in [-0.05, 0) is 42.9 Å². The zero-order valence-electron chi connectivity index (χ0n) is 23.5. The Balaban J connectivity index is 1.22. The number of hydrogen-bond donors (Lipinski definition) is 2. The fraction of sp³-hybridized carbons (Fsp3) is 0.517. The van der Waals surface area contributed by atoms with Crippen LogP contribution in [0.3, 0.4) is 0 Å². The molecule has 216 valence electrons. The van der Waals surface area contributed by atoms with E-state index in [4.69, 9.17) is 4.98 Å². The summed E-state index contributed by atoms with van der Waals surface area (Å²) in [6.45, 7) is 1.34. The Labute approximate surface area is 238 Å². The van der Waals surface area contributed by atoms with E-state index in [1.54, 1.807) is 42.4 Å². The number of carboxylic acid groups (broad SMARTS) is 1. The second-order valence-corrected chi connectivity index (χ2v) is 11.7. The number of nitrogens with zero attached hydrogens (tertiary/aromatic N) is 7. The number of pyridine rings is 1. The molecule has 3 fully saturated rings. The molecule has 2 N–H and O–H groups in total. The molecule has 1 aliphatic carbocycles. The van der Waals surface area contributed by atoms with Gasteiger partial charge in [0, 0.05) is 57.8 Å². The van der Waals surface area contributed by atoms with Crippen LogP contribution >= 0.6 is 0 Å². The average molecular weight is 561 g/mol. The number of rotatable bonds is 5. The van der Waals surface area contributed by atoms with Crippen molar-refractivity contribution in [2.75, 3.05) is 43.9 Å². The van der Waals surface area contributed by atoms with Crippen LogP contribution in [0.5, 0.6) is 0 Å². The summed E-state index contributed by atoms with van der Waals surface area (Å²) in [5.41, 5.74) is 2.04. The van der Waals surface area contributed by atoms with Gasteiger partial charge in [0.15, 0.2) is 0 Å². The number of anilines is 3. The first-order valence-electron chi connectivity index (χ1n) is 14.4. The maximum Gasteiger partial charge on any atom is 0.407 e. The fourth-order valence-corrected chi connectivity index (χ4v) is 6.54. The maximum atomic E-state index is 13.1. The summed E-state index contributed by atoms with van der Waals surface area (Å²) in [7, 11) is 3.53. The molecule has 2 saturated heterocycles. The number of likely N-dealkylation sites (tertiary alicyclic amines) is 1. The second kappa shape index (κ2) is 11.0. The van der Waals surface area contributed by atoms with Crippen molar-refractivity contribution in [1.82, 2.24) is 29.3 Å². The van der Waals surface area contributed by atoms with Crippen molar-refractivity contribution >= 4 is 46.4 Å². The summed E-state index contributed by atoms with van der Waals surface area (Å²) < 4.78 is 2.11. The van der Waals surface area contributed by atoms with E-state index in [0.717, 1.165) is 36.7 Å². The van der Waals surface area contributed by atoms with Gasteiger partial charge in [-0.25, -0.2) is 14.8 Å². The number of fused-ring (bicyclic) bond motifs is 2. The molecule has 12 heteroatoms. The monoisotopic (exact) mass is 560 g/mol. The third-order valence-electron chi connectivity index (χ3n) is 8.69. The molecule has 3 amide bonds. The molecule has 2 aliphatic heterocycles. The van der Waals surface area contributed by atoms with E-state index in [1.165, 1.54) is 17.7 Å². The van der Waals surface area contributed by atoms with Gasteiger partial charge < -0.3 is 29.7 Å². The summed E-state index contributed by atoms with van der Waals surface area (Å²) >= 11 is 0. The summed E-state index contributed by atoms with van der Waals surface area (Å²) in [5, 5.41) is 13.3. The van der Waals surface area contributed by atoms with Crippen molar-refractivity contribution in [2.24, 2.45) is 11.8 Å². The molecule has 3 aromatic heterocycles. The molecular weight excluding hydrogens is 524 g/mol. The normalized spacial score (nSPS) is 21.6. The molecule has 3 aromatic rings. The quantitative estimate of drug-likeness (QED) is 0.445. The van der Waals surface area contributed by atoms with Gasteiger partial charge in [0.05, 0.1) is 11.9 Å². The number of aromatic nitrogens is 4. The van der Waals surface area contributed by atoms with E-state index in [2.05, 4.69) is 19.9 Å². The highest BCUT2D eigenvalue weighted by Gasteiger charge is 2.42. The molecule has 3 aliphatic rings. The van der Waals surface area contributed by atoms with Crippen LogP contribution in [-0.4, -0.2) is 86.1 Å². The number of piperidine rings is 1. The van der Waals surface area contributed by atoms with Crippen LogP contribution in [0.2, 0.25) is 0 Å². The number of hydrogen-bond acceptors (Lipinski definition) is 7. The highest BCUT2D eigenvalue weighted by molar-refractivity contribution is 5.98. The first kappa shape index (κ1) is 27.0. The minimum absolute atomic E-state index is 0.0165. The summed E-state index contributed by atoms with van der Waals surface area (Å²) in [4.78, 5) is 55.9. The molecule has 0 spiro atoms. The Bertz CT molecular complexity index is 1460. The van der Waals surface area contributed by atoms with E-state index in [-0.39, 0.29) is 29.7 Å². The molecule has 2 atom stereocenters. The molecule has 6 rings (SSSR count). The highest BCUT2D eigenvalue weighted by atomic mass is 16.4. The van der Waals surface area contributed by atoms with Crippen LogP contribution in [0.4, 0.5) is 22.2 Å². The molecule has 5 heterocycles. The van der Waals surface area contributed by atoms with Gasteiger partial charge in [0.2, 0.25) is 11.9 Å². The predicted molar refractivity (Wildman–Crippen MR) is 153 cm³/mol. The molecule has 0 radical (unpaired) electrons. The van der Waals surface area contributed by atoms with Crippen molar-refractivity contribution in [3.63, 3.8) is 0 Å². The molecule has 0 bridgehead atoms. The van der Waals surface area contributed by atoms with Crippen molar-refractivity contribution in [1.29, 1.82) is 0 Å². The van der Waals surface area contributed by atoms with Gasteiger partial charge in [0.1, 0.15) is 17.2 Å². The highest BCUT2D eigenvalue weighted by Crippen LogP contribution is 2.35. The van der Waals surface area contributed by atoms with Gasteiger partial charge in [-0.15, -0.1) is 0 Å². The van der Waals surface area contributed by atoms with Gasteiger partial charge in [-0.1, -0.05) is 25.7 Å². The first-order chi connectivity index (χ1) is 19.8. The molecule has 1 saturated carbocycles. The summed E-state index contributed by atoms with van der Waals surface area (Å²) in [6.07, 6.45) is 9.49. The van der Waals surface area contributed by atoms with Crippen molar-refractivity contribution in [3.8, 4) is 0 Å². The Morgan fingerprint density at radius 3 is 2.44 bits per heavy atom. The lowest BCUT2D eigenvalue weighted by Gasteiger charge is -2.33. The molecule has 2 unspecified atom stereocenters. The third kappa shape index (κ3) is 5.30. The lowest BCUT2D eigenvalue weighted by molar-refractivity contribution is -0.121. The smallest absolute Gasteiger partial charge is 0.407 e. The first-order valence-corrected chi connectivity index (χ1v) is 14.4. The molecule has 12 nitrogen and oxygen atoms in total. The Kier molecular flexibility index (Phi) is 7.22. The third-order valence-corrected chi connectivity index (χ3v) is 8.69. The zero-order valence-corrected chi connectivity index (χ0v) is 23.5. The fourth-order valence-electron chi connectivity index (χ4n) is 6.54. The topological polar surface area (TPSA) is 137 Å². The molecule has 0 aromatic carbocycles. The van der Waals surface area contributed by atoms with E-state index in [1.807, 2.05) is 12.1 Å². The molecular formula is C29H36N8O4. The number of carbonyl (C=O) groups excluding carboxylic acids is 2. The van der Waals surface area contributed by atoms with E-state index < -0.39 is 6.09 Å². The van der Waals surface area contributed by atoms with Crippen LogP contribution in [-0.2, 0) is 4.79 Å². The van der Waals surface area contributed by atoms with Gasteiger partial charge in [-0.2, -0.15) is 4.98 Å². The number of carbonyl (C=O) groups is 3. The summed E-state index contributed by atoms with van der Waals surface area (Å²) in [5.74, 6) is 1.04. The van der Waals surface area contributed by atoms with E-state index >= 15 is 0 Å². The van der Waals surface area contributed by atoms with Gasteiger partial charge >= 0.3 is 6.09 Å². The second-order valence-electron chi connectivity index (χ2n) is 11.7. The Morgan fingerprint density at radius 2 is 1.76 bits per heavy atom. The number of nitrogens with one attached hydrogen (secondary N) is 1. The van der Waals surface area contributed by atoms with Crippen LogP contribution in [0.1, 0.15) is 61.5 Å². The van der Waals surface area contributed by atoms with Crippen molar-refractivity contribution in [3.05, 3.63) is 36.3 Å². The van der Waals surface area contributed by atoms with Crippen LogP contribution in [0.15, 0.2) is 30.6 Å². The van der Waals surface area contributed by atoms with Crippen molar-refractivity contribution in [2.45, 2.75) is 51.0 Å². The molecule has 41 heavy (non-hydrogen) atoms. The lowest BCUT2D eigenvalue weighted by atomic mass is 9.88. The Morgan fingerprint density at radius 1 is 1.00 bits per heavy atom.